The molecular weight excluding hydrogens is 459 g/mol. The lowest BCUT2D eigenvalue weighted by Gasteiger charge is -2.35. The second-order valence-corrected chi connectivity index (χ2v) is 10.0. The van der Waals surface area contributed by atoms with E-state index < -0.39 is 0 Å². The number of hydrogen-bond acceptors (Lipinski definition) is 7. The van der Waals surface area contributed by atoms with Crippen molar-refractivity contribution in [3.63, 3.8) is 0 Å². The van der Waals surface area contributed by atoms with Crippen molar-refractivity contribution in [2.24, 2.45) is 5.92 Å². The minimum absolute atomic E-state index is 0.0806. The minimum Gasteiger partial charge on any atom is -0.370 e. The monoisotopic (exact) mass is 486 g/mol. The Kier molecular flexibility index (Phi) is 6.73. The maximum absolute atomic E-state index is 9.77. The molecule has 1 aliphatic carbocycles. The maximum atomic E-state index is 9.77. The van der Waals surface area contributed by atoms with Crippen molar-refractivity contribution < 1.29 is 4.74 Å². The standard InChI is InChI=1S/C24H28Cl2N6O/c1-14(22-19(25)12-28-13-20(22)26)33-17-4-5-21-18(9-17)23(31-30-21)16-8-15(10-27)24(29-11-16)32-6-2-3-7-32/h8,11-14,17-18,21,23,30-31H,2-7,9H2,1H3/t14-,17?,18?,21?,23?/m1/s1. The van der Waals surface area contributed by atoms with Gasteiger partial charge in [0.25, 0.3) is 0 Å². The predicted molar refractivity (Wildman–Crippen MR) is 128 cm³/mol. The number of halogens is 2. The molecule has 3 aliphatic rings. The van der Waals surface area contributed by atoms with Crippen LogP contribution in [-0.4, -0.2) is 35.2 Å². The zero-order valence-corrected chi connectivity index (χ0v) is 20.1. The highest BCUT2D eigenvalue weighted by Crippen LogP contribution is 2.41. The molecule has 0 radical (unpaired) electrons. The van der Waals surface area contributed by atoms with E-state index in [0.29, 0.717) is 27.6 Å². The van der Waals surface area contributed by atoms with Gasteiger partial charge in [0.1, 0.15) is 11.9 Å². The van der Waals surface area contributed by atoms with Gasteiger partial charge < -0.3 is 9.64 Å². The summed E-state index contributed by atoms with van der Waals surface area (Å²) in [5.41, 5.74) is 9.40. The van der Waals surface area contributed by atoms with Crippen LogP contribution in [0.25, 0.3) is 0 Å². The Bertz CT molecular complexity index is 1030. The molecule has 5 rings (SSSR count). The second-order valence-electron chi connectivity index (χ2n) is 9.21. The Morgan fingerprint density at radius 2 is 1.91 bits per heavy atom. The molecule has 33 heavy (non-hydrogen) atoms. The van der Waals surface area contributed by atoms with Crippen LogP contribution in [0.4, 0.5) is 5.82 Å². The van der Waals surface area contributed by atoms with Crippen LogP contribution < -0.4 is 15.8 Å². The third-order valence-electron chi connectivity index (χ3n) is 7.17. The SMILES string of the molecule is C[C@@H](OC1CCC2NNC(c3cnc(N4CCCC4)c(C#N)c3)C2C1)c1c(Cl)cncc1Cl. The van der Waals surface area contributed by atoms with E-state index in [0.717, 1.165) is 62.1 Å². The summed E-state index contributed by atoms with van der Waals surface area (Å²) in [6.45, 7) is 3.93. The number of ether oxygens (including phenoxy) is 1. The molecule has 0 amide bonds. The molecule has 0 spiro atoms. The lowest BCUT2D eigenvalue weighted by Crippen LogP contribution is -2.37. The lowest BCUT2D eigenvalue weighted by molar-refractivity contribution is -0.0370. The van der Waals surface area contributed by atoms with E-state index in [-0.39, 0.29) is 18.2 Å². The summed E-state index contributed by atoms with van der Waals surface area (Å²) in [5, 5.41) is 10.8. The van der Waals surface area contributed by atoms with Gasteiger partial charge in [0.05, 0.1) is 33.9 Å². The Hall–Kier alpha value is -1.95. The average molecular weight is 487 g/mol. The molecule has 4 heterocycles. The van der Waals surface area contributed by atoms with Gasteiger partial charge >= 0.3 is 0 Å². The highest BCUT2D eigenvalue weighted by Gasteiger charge is 2.42. The number of pyridine rings is 2. The van der Waals surface area contributed by atoms with E-state index in [2.05, 4.69) is 26.8 Å². The topological polar surface area (TPSA) is 86.1 Å². The Morgan fingerprint density at radius 1 is 1.15 bits per heavy atom. The fourth-order valence-electron chi connectivity index (χ4n) is 5.54. The van der Waals surface area contributed by atoms with E-state index in [9.17, 15) is 5.26 Å². The van der Waals surface area contributed by atoms with Crippen molar-refractivity contribution >= 4 is 29.0 Å². The normalized spacial score (nSPS) is 27.9. The molecule has 2 aromatic rings. The maximum Gasteiger partial charge on any atom is 0.146 e. The summed E-state index contributed by atoms with van der Waals surface area (Å²) < 4.78 is 6.44. The number of hydrogen-bond donors (Lipinski definition) is 2. The summed E-state index contributed by atoms with van der Waals surface area (Å²) in [6, 6.07) is 4.81. The number of nitrogens with zero attached hydrogens (tertiary/aromatic N) is 4. The van der Waals surface area contributed by atoms with Crippen molar-refractivity contribution in [1.82, 2.24) is 20.8 Å². The van der Waals surface area contributed by atoms with Crippen molar-refractivity contribution in [2.45, 2.75) is 63.3 Å². The van der Waals surface area contributed by atoms with E-state index in [1.807, 2.05) is 19.2 Å². The molecule has 3 fully saturated rings. The molecular formula is C24H28Cl2N6O. The zero-order valence-electron chi connectivity index (χ0n) is 18.6. The van der Waals surface area contributed by atoms with Gasteiger partial charge in [-0.2, -0.15) is 5.26 Å². The molecule has 2 saturated heterocycles. The quantitative estimate of drug-likeness (QED) is 0.631. The predicted octanol–water partition coefficient (Wildman–Crippen LogP) is 4.72. The molecule has 5 atom stereocenters. The van der Waals surface area contributed by atoms with Crippen molar-refractivity contribution in [2.75, 3.05) is 18.0 Å². The summed E-state index contributed by atoms with van der Waals surface area (Å²) in [5.74, 6) is 1.15. The molecule has 7 nitrogen and oxygen atoms in total. The van der Waals surface area contributed by atoms with Gasteiger partial charge in [-0.15, -0.1) is 0 Å². The van der Waals surface area contributed by atoms with Crippen LogP contribution in [0, 0.1) is 17.2 Å². The number of anilines is 1. The molecule has 2 aromatic heterocycles. The van der Waals surface area contributed by atoms with E-state index in [1.54, 1.807) is 12.4 Å². The Morgan fingerprint density at radius 3 is 2.64 bits per heavy atom. The van der Waals surface area contributed by atoms with Crippen LogP contribution in [-0.2, 0) is 4.74 Å². The lowest BCUT2D eigenvalue weighted by atomic mass is 9.78. The van der Waals surface area contributed by atoms with Gasteiger partial charge in [-0.1, -0.05) is 23.2 Å². The van der Waals surface area contributed by atoms with Gasteiger partial charge in [0.15, 0.2) is 0 Å². The highest BCUT2D eigenvalue weighted by molar-refractivity contribution is 6.35. The molecule has 0 bridgehead atoms. The van der Waals surface area contributed by atoms with Crippen LogP contribution in [0.1, 0.15) is 67.9 Å². The summed E-state index contributed by atoms with van der Waals surface area (Å²) >= 11 is 12.7. The Labute approximate surface area is 204 Å². The van der Waals surface area contributed by atoms with Crippen LogP contribution >= 0.6 is 23.2 Å². The summed E-state index contributed by atoms with van der Waals surface area (Å²) in [7, 11) is 0. The molecule has 174 valence electrons. The number of nitrogens with one attached hydrogen (secondary N) is 2. The van der Waals surface area contributed by atoms with E-state index >= 15 is 0 Å². The van der Waals surface area contributed by atoms with Crippen LogP contribution in [0.3, 0.4) is 0 Å². The number of aromatic nitrogens is 2. The molecule has 1 saturated carbocycles. The number of hydrazine groups is 1. The summed E-state index contributed by atoms with van der Waals surface area (Å²) in [4.78, 5) is 11.0. The first kappa shape index (κ1) is 22.8. The largest absolute Gasteiger partial charge is 0.370 e. The molecule has 4 unspecified atom stereocenters. The molecule has 2 N–H and O–H groups in total. The number of nitriles is 1. The minimum atomic E-state index is -0.220. The van der Waals surface area contributed by atoms with Crippen LogP contribution in [0.5, 0.6) is 0 Å². The van der Waals surface area contributed by atoms with Gasteiger partial charge in [-0.25, -0.2) is 10.4 Å². The van der Waals surface area contributed by atoms with Crippen molar-refractivity contribution in [1.29, 1.82) is 5.26 Å². The van der Waals surface area contributed by atoms with E-state index in [1.165, 1.54) is 0 Å². The van der Waals surface area contributed by atoms with Crippen molar-refractivity contribution in [3.05, 3.63) is 51.4 Å². The average Bonchev–Trinajstić information content (AvgIpc) is 3.48. The van der Waals surface area contributed by atoms with Crippen LogP contribution in [0.15, 0.2) is 24.7 Å². The first-order valence-corrected chi connectivity index (χ1v) is 12.4. The van der Waals surface area contributed by atoms with Gasteiger partial charge in [-0.3, -0.25) is 10.4 Å². The van der Waals surface area contributed by atoms with Crippen LogP contribution in [0.2, 0.25) is 10.0 Å². The van der Waals surface area contributed by atoms with E-state index in [4.69, 9.17) is 32.9 Å². The second kappa shape index (κ2) is 9.73. The van der Waals surface area contributed by atoms with Gasteiger partial charge in [0, 0.05) is 43.3 Å². The van der Waals surface area contributed by atoms with Gasteiger partial charge in [0.2, 0.25) is 0 Å². The third-order valence-corrected chi connectivity index (χ3v) is 7.77. The Balaban J connectivity index is 1.31. The summed E-state index contributed by atoms with van der Waals surface area (Å²) in [6.07, 6.45) is 10.2. The fourth-order valence-corrected chi connectivity index (χ4v) is 6.22. The molecule has 2 aliphatic heterocycles. The zero-order chi connectivity index (χ0) is 22.9. The van der Waals surface area contributed by atoms with Gasteiger partial charge in [-0.05, 0) is 56.6 Å². The first-order valence-electron chi connectivity index (χ1n) is 11.7. The molecule has 9 heteroatoms. The third kappa shape index (κ3) is 4.55. The first-order chi connectivity index (χ1) is 16.0. The smallest absolute Gasteiger partial charge is 0.146 e. The number of fused-ring (bicyclic) bond motifs is 1. The van der Waals surface area contributed by atoms with Crippen molar-refractivity contribution in [3.8, 4) is 6.07 Å². The fraction of sp³-hybridized carbons (Fsp3) is 0.542. The highest BCUT2D eigenvalue weighted by atomic mass is 35.5. The molecule has 0 aromatic carbocycles. The number of rotatable bonds is 5.